The summed E-state index contributed by atoms with van der Waals surface area (Å²) in [7, 11) is 1.53. The van der Waals surface area contributed by atoms with E-state index in [1.807, 2.05) is 13.0 Å². The van der Waals surface area contributed by atoms with Crippen LogP contribution in [0.3, 0.4) is 0 Å². The number of amides is 1. The second kappa shape index (κ2) is 8.26. The Morgan fingerprint density at radius 3 is 2.40 bits per heavy atom. The van der Waals surface area contributed by atoms with Crippen molar-refractivity contribution in [1.82, 2.24) is 0 Å². The standard InChI is InChI=1S/C23H20Cl3NO3/c1-12-9-18(20(30-2)11-16(12)26)27-17-7-4-8-19(28)23(17)13(10-21(27)29)22-14(24)5-3-6-15(22)25/h3,5-6,9,11,13H,4,7-8,10H2,1-2H3. The van der Waals surface area contributed by atoms with Gasteiger partial charge in [-0.1, -0.05) is 40.9 Å². The van der Waals surface area contributed by atoms with Gasteiger partial charge >= 0.3 is 0 Å². The molecule has 2 aromatic carbocycles. The number of allylic oxidation sites excluding steroid dienone is 2. The molecule has 0 radical (unpaired) electrons. The lowest BCUT2D eigenvalue weighted by molar-refractivity contribution is -0.119. The number of halogens is 3. The number of hydrogen-bond acceptors (Lipinski definition) is 3. The summed E-state index contributed by atoms with van der Waals surface area (Å²) < 4.78 is 5.51. The molecule has 1 amide bonds. The number of benzene rings is 2. The van der Waals surface area contributed by atoms with E-state index in [4.69, 9.17) is 39.5 Å². The van der Waals surface area contributed by atoms with Gasteiger partial charge in [0.05, 0.1) is 12.8 Å². The van der Waals surface area contributed by atoms with E-state index < -0.39 is 5.92 Å². The topological polar surface area (TPSA) is 46.6 Å². The molecular formula is C23H20Cl3NO3. The SMILES string of the molecule is COc1cc(Cl)c(C)cc1N1C(=O)CC(c2c(Cl)cccc2Cl)C2=C1CCCC2=O. The molecule has 2 aromatic rings. The van der Waals surface area contributed by atoms with Gasteiger partial charge in [-0.25, -0.2) is 0 Å². The van der Waals surface area contributed by atoms with Crippen molar-refractivity contribution in [2.45, 2.75) is 38.5 Å². The Morgan fingerprint density at radius 1 is 1.03 bits per heavy atom. The van der Waals surface area contributed by atoms with Crippen LogP contribution >= 0.6 is 34.8 Å². The maximum Gasteiger partial charge on any atom is 0.232 e. The lowest BCUT2D eigenvalue weighted by atomic mass is 9.77. The molecule has 156 valence electrons. The predicted octanol–water partition coefficient (Wildman–Crippen LogP) is 6.49. The molecule has 7 heteroatoms. The van der Waals surface area contributed by atoms with Gasteiger partial charge in [0.2, 0.25) is 5.91 Å². The summed E-state index contributed by atoms with van der Waals surface area (Å²) in [5.41, 5.74) is 3.36. The Kier molecular flexibility index (Phi) is 5.84. The zero-order chi connectivity index (χ0) is 21.6. The van der Waals surface area contributed by atoms with Crippen LogP contribution in [-0.4, -0.2) is 18.8 Å². The summed E-state index contributed by atoms with van der Waals surface area (Å²) in [6.45, 7) is 1.87. The Hall–Kier alpha value is -2.01. The first-order chi connectivity index (χ1) is 14.3. The van der Waals surface area contributed by atoms with Gasteiger partial charge in [-0.15, -0.1) is 0 Å². The second-order valence-corrected chi connectivity index (χ2v) is 8.75. The summed E-state index contributed by atoms with van der Waals surface area (Å²) in [4.78, 5) is 28.1. The Balaban J connectivity index is 1.95. The summed E-state index contributed by atoms with van der Waals surface area (Å²) in [6, 6.07) is 8.74. The zero-order valence-electron chi connectivity index (χ0n) is 16.6. The highest BCUT2D eigenvalue weighted by Gasteiger charge is 2.41. The van der Waals surface area contributed by atoms with Crippen LogP contribution in [0, 0.1) is 6.92 Å². The molecule has 0 spiro atoms. The number of ketones is 1. The van der Waals surface area contributed by atoms with Gasteiger partial charge < -0.3 is 4.74 Å². The summed E-state index contributed by atoms with van der Waals surface area (Å²) in [5.74, 6) is -0.0842. The van der Waals surface area contributed by atoms with E-state index in [0.717, 1.165) is 5.56 Å². The lowest BCUT2D eigenvalue weighted by Gasteiger charge is -2.39. The van der Waals surface area contributed by atoms with Crippen LogP contribution in [0.1, 0.15) is 42.7 Å². The fraction of sp³-hybridized carbons (Fsp3) is 0.304. The largest absolute Gasteiger partial charge is 0.495 e. The molecular weight excluding hydrogens is 445 g/mol. The molecule has 1 heterocycles. The van der Waals surface area contributed by atoms with Gasteiger partial charge in [-0.2, -0.15) is 0 Å². The van der Waals surface area contributed by atoms with E-state index in [9.17, 15) is 9.59 Å². The monoisotopic (exact) mass is 463 g/mol. The molecule has 1 unspecified atom stereocenters. The van der Waals surface area contributed by atoms with E-state index in [0.29, 0.717) is 62.6 Å². The molecule has 0 N–H and O–H groups in total. The number of ether oxygens (including phenoxy) is 1. The van der Waals surface area contributed by atoms with Crippen LogP contribution in [-0.2, 0) is 9.59 Å². The van der Waals surface area contributed by atoms with Gasteiger partial charge in [0, 0.05) is 51.2 Å². The molecule has 0 bridgehead atoms. The first-order valence-electron chi connectivity index (χ1n) is 9.70. The fourth-order valence-electron chi connectivity index (χ4n) is 4.35. The van der Waals surface area contributed by atoms with E-state index in [-0.39, 0.29) is 18.1 Å². The zero-order valence-corrected chi connectivity index (χ0v) is 18.9. The van der Waals surface area contributed by atoms with Crippen molar-refractivity contribution in [3.63, 3.8) is 0 Å². The fourth-order valence-corrected chi connectivity index (χ4v) is 5.16. The van der Waals surface area contributed by atoms with Gasteiger partial charge in [0.25, 0.3) is 0 Å². The van der Waals surface area contributed by atoms with Crippen molar-refractivity contribution in [3.05, 3.63) is 67.8 Å². The molecule has 0 saturated heterocycles. The summed E-state index contributed by atoms with van der Waals surface area (Å²) >= 11 is 19.2. The molecule has 1 aliphatic carbocycles. The van der Waals surface area contributed by atoms with Gasteiger partial charge in [-0.05, 0) is 49.1 Å². The number of Topliss-reactive ketones (excluding diaryl/α,β-unsaturated/α-hetero) is 1. The molecule has 1 aliphatic heterocycles. The van der Waals surface area contributed by atoms with Crippen molar-refractivity contribution in [3.8, 4) is 5.75 Å². The maximum absolute atomic E-state index is 13.4. The third kappa shape index (κ3) is 3.51. The Labute approximate surface area is 190 Å². The Bertz CT molecular complexity index is 1070. The molecule has 4 rings (SSSR count). The quantitative estimate of drug-likeness (QED) is 0.521. The predicted molar refractivity (Wildman–Crippen MR) is 120 cm³/mol. The Morgan fingerprint density at radius 2 is 1.73 bits per heavy atom. The van der Waals surface area contributed by atoms with Crippen LogP contribution in [0.25, 0.3) is 0 Å². The third-order valence-corrected chi connectivity index (χ3v) is 6.79. The van der Waals surface area contributed by atoms with Crippen molar-refractivity contribution in [2.75, 3.05) is 12.0 Å². The van der Waals surface area contributed by atoms with Crippen LogP contribution in [0.5, 0.6) is 5.75 Å². The number of anilines is 1. The van der Waals surface area contributed by atoms with Crippen LogP contribution < -0.4 is 9.64 Å². The molecule has 0 fully saturated rings. The van der Waals surface area contributed by atoms with E-state index >= 15 is 0 Å². The maximum atomic E-state index is 13.4. The summed E-state index contributed by atoms with van der Waals surface area (Å²) in [5, 5.41) is 1.47. The van der Waals surface area contributed by atoms with E-state index in [1.165, 1.54) is 7.11 Å². The molecule has 30 heavy (non-hydrogen) atoms. The lowest BCUT2D eigenvalue weighted by Crippen LogP contribution is -2.41. The molecule has 1 atom stereocenters. The number of methoxy groups -OCH3 is 1. The minimum atomic E-state index is -0.461. The highest BCUT2D eigenvalue weighted by molar-refractivity contribution is 6.36. The highest BCUT2D eigenvalue weighted by Crippen LogP contribution is 2.48. The van der Waals surface area contributed by atoms with Crippen molar-refractivity contribution in [1.29, 1.82) is 0 Å². The number of aryl methyl sites for hydroxylation is 1. The summed E-state index contributed by atoms with van der Waals surface area (Å²) in [6.07, 6.45) is 1.82. The van der Waals surface area contributed by atoms with Gasteiger partial charge in [0.1, 0.15) is 5.75 Å². The number of hydrogen-bond donors (Lipinski definition) is 0. The molecule has 0 aromatic heterocycles. The number of carbonyl (C=O) groups excluding carboxylic acids is 2. The van der Waals surface area contributed by atoms with Gasteiger partial charge in [-0.3, -0.25) is 14.5 Å². The van der Waals surface area contributed by atoms with Crippen molar-refractivity contribution < 1.29 is 14.3 Å². The average molecular weight is 465 g/mol. The van der Waals surface area contributed by atoms with Crippen molar-refractivity contribution in [2.24, 2.45) is 0 Å². The van der Waals surface area contributed by atoms with Crippen LogP contribution in [0.2, 0.25) is 15.1 Å². The normalized spacial score (nSPS) is 19.2. The number of carbonyl (C=O) groups is 2. The number of rotatable bonds is 3. The highest BCUT2D eigenvalue weighted by atomic mass is 35.5. The minimum Gasteiger partial charge on any atom is -0.495 e. The minimum absolute atomic E-state index is 0.0272. The third-order valence-electron chi connectivity index (χ3n) is 5.72. The van der Waals surface area contributed by atoms with Crippen LogP contribution in [0.4, 0.5) is 5.69 Å². The first kappa shape index (κ1) is 21.2. The smallest absolute Gasteiger partial charge is 0.232 e. The molecule has 4 nitrogen and oxygen atoms in total. The van der Waals surface area contributed by atoms with E-state index in [1.54, 1.807) is 29.2 Å². The van der Waals surface area contributed by atoms with E-state index in [2.05, 4.69) is 0 Å². The molecule has 0 saturated carbocycles. The van der Waals surface area contributed by atoms with Gasteiger partial charge in [0.15, 0.2) is 5.78 Å². The van der Waals surface area contributed by atoms with Crippen molar-refractivity contribution >= 4 is 52.2 Å². The second-order valence-electron chi connectivity index (χ2n) is 7.53. The number of nitrogens with zero attached hydrogens (tertiary/aromatic N) is 1. The first-order valence-corrected chi connectivity index (χ1v) is 10.8. The van der Waals surface area contributed by atoms with Crippen LogP contribution in [0.15, 0.2) is 41.6 Å². The molecule has 2 aliphatic rings. The average Bonchev–Trinajstić information content (AvgIpc) is 2.70.